The Bertz CT molecular complexity index is 581. The lowest BCUT2D eigenvalue weighted by Crippen LogP contribution is -2.41. The third kappa shape index (κ3) is 2.85. The highest BCUT2D eigenvalue weighted by atomic mass is 35.5. The zero-order chi connectivity index (χ0) is 14.9. The van der Waals surface area contributed by atoms with E-state index in [-0.39, 0.29) is 28.4 Å². The molecule has 1 N–H and O–H groups in total. The van der Waals surface area contributed by atoms with Crippen molar-refractivity contribution in [2.45, 2.75) is 64.8 Å². The van der Waals surface area contributed by atoms with Crippen LogP contribution in [0.5, 0.6) is 0 Å². The molecule has 0 atom stereocenters. The number of nitrogens with zero attached hydrogens (tertiary/aromatic N) is 1. The lowest BCUT2D eigenvalue weighted by Gasteiger charge is -2.29. The summed E-state index contributed by atoms with van der Waals surface area (Å²) in [6, 6.07) is 0.0174. The van der Waals surface area contributed by atoms with Crippen LogP contribution in [0.1, 0.15) is 70.4 Å². The van der Waals surface area contributed by atoms with E-state index in [0.29, 0.717) is 5.56 Å². The van der Waals surface area contributed by atoms with Gasteiger partial charge >= 0.3 is 5.69 Å². The van der Waals surface area contributed by atoms with E-state index in [1.165, 1.54) is 11.0 Å². The fraction of sp³-hybridized carbons (Fsp3) is 0.733. The molecule has 1 heterocycles. The van der Waals surface area contributed by atoms with E-state index >= 15 is 0 Å². The summed E-state index contributed by atoms with van der Waals surface area (Å²) >= 11 is 6.02. The van der Waals surface area contributed by atoms with Crippen LogP contribution in [0.3, 0.4) is 0 Å². The van der Waals surface area contributed by atoms with Crippen LogP contribution < -0.4 is 11.2 Å². The second-order valence-electron chi connectivity index (χ2n) is 6.07. The zero-order valence-corrected chi connectivity index (χ0v) is 13.2. The van der Waals surface area contributed by atoms with Crippen molar-refractivity contribution in [1.82, 2.24) is 9.55 Å². The van der Waals surface area contributed by atoms with E-state index in [0.717, 1.165) is 31.6 Å². The number of aromatic amines is 1. The highest BCUT2D eigenvalue weighted by Crippen LogP contribution is 2.32. The standard InChI is InChI=1S/C15H23ClN2O2/c1-4-10-5-7-11(8-6-10)18-14(19)12(9(2)3)13(16)17-15(18)20/h9-11H,4-8H2,1-3H3,(H,17,20). The number of nitrogens with one attached hydrogen (secondary N) is 1. The minimum atomic E-state index is -0.371. The van der Waals surface area contributed by atoms with Gasteiger partial charge in [-0.3, -0.25) is 14.3 Å². The normalized spacial score (nSPS) is 23.2. The molecule has 0 bridgehead atoms. The zero-order valence-electron chi connectivity index (χ0n) is 12.4. The van der Waals surface area contributed by atoms with E-state index < -0.39 is 0 Å². The highest BCUT2D eigenvalue weighted by molar-refractivity contribution is 6.30. The third-order valence-corrected chi connectivity index (χ3v) is 4.76. The maximum Gasteiger partial charge on any atom is 0.329 e. The Kier molecular flexibility index (Phi) is 4.74. The van der Waals surface area contributed by atoms with Crippen LogP contribution in [0.25, 0.3) is 0 Å². The van der Waals surface area contributed by atoms with Gasteiger partial charge in [0.15, 0.2) is 0 Å². The predicted octanol–water partition coefficient (Wildman–Crippen LogP) is 3.45. The van der Waals surface area contributed by atoms with Gasteiger partial charge in [-0.05, 0) is 37.5 Å². The van der Waals surface area contributed by atoms with Crippen molar-refractivity contribution in [1.29, 1.82) is 0 Å². The van der Waals surface area contributed by atoms with Crippen LogP contribution in [0.15, 0.2) is 9.59 Å². The maximum absolute atomic E-state index is 12.6. The van der Waals surface area contributed by atoms with Crippen LogP contribution in [0, 0.1) is 5.92 Å². The fourth-order valence-electron chi connectivity index (χ4n) is 3.18. The number of H-pyrrole nitrogens is 1. The molecule has 0 saturated heterocycles. The monoisotopic (exact) mass is 298 g/mol. The van der Waals surface area contributed by atoms with Crippen molar-refractivity contribution in [2.24, 2.45) is 5.92 Å². The third-order valence-electron chi connectivity index (χ3n) is 4.46. The van der Waals surface area contributed by atoms with Gasteiger partial charge in [0.2, 0.25) is 0 Å². The van der Waals surface area contributed by atoms with Gasteiger partial charge in [0.1, 0.15) is 5.15 Å². The summed E-state index contributed by atoms with van der Waals surface area (Å²) in [6.45, 7) is 6.03. The smallest absolute Gasteiger partial charge is 0.297 e. The van der Waals surface area contributed by atoms with Gasteiger partial charge in [-0.15, -0.1) is 0 Å². The first-order valence-electron chi connectivity index (χ1n) is 7.49. The summed E-state index contributed by atoms with van der Waals surface area (Å²) in [5, 5.41) is 0.188. The van der Waals surface area contributed by atoms with Gasteiger partial charge in [0.05, 0.1) is 5.56 Å². The van der Waals surface area contributed by atoms with Crippen LogP contribution in [0.4, 0.5) is 0 Å². The van der Waals surface area contributed by atoms with E-state index in [1.807, 2.05) is 13.8 Å². The Labute approximate surface area is 124 Å². The summed E-state index contributed by atoms with van der Waals surface area (Å²) in [5.74, 6) is 0.739. The molecule has 1 fully saturated rings. The van der Waals surface area contributed by atoms with Crippen molar-refractivity contribution >= 4 is 11.6 Å². The molecule has 0 aromatic carbocycles. The average molecular weight is 299 g/mol. The summed E-state index contributed by atoms with van der Waals surface area (Å²) < 4.78 is 1.40. The Morgan fingerprint density at radius 2 is 1.85 bits per heavy atom. The molecule has 1 aliphatic carbocycles. The number of hydrogen-bond donors (Lipinski definition) is 1. The van der Waals surface area contributed by atoms with Gasteiger partial charge in [-0.25, -0.2) is 4.79 Å². The Balaban J connectivity index is 2.40. The molecule has 0 spiro atoms. The molecule has 0 aliphatic heterocycles. The molecule has 4 nitrogen and oxygen atoms in total. The van der Waals surface area contributed by atoms with Gasteiger partial charge in [-0.1, -0.05) is 38.8 Å². The fourth-order valence-corrected chi connectivity index (χ4v) is 3.56. The second kappa shape index (κ2) is 6.17. The number of rotatable bonds is 3. The van der Waals surface area contributed by atoms with Crippen molar-refractivity contribution < 1.29 is 0 Å². The Morgan fingerprint density at radius 3 is 2.35 bits per heavy atom. The maximum atomic E-state index is 12.6. The van der Waals surface area contributed by atoms with E-state index in [1.54, 1.807) is 0 Å². The van der Waals surface area contributed by atoms with Crippen LogP contribution >= 0.6 is 11.6 Å². The lowest BCUT2D eigenvalue weighted by molar-refractivity contribution is 0.259. The molecular formula is C15H23ClN2O2. The Hall–Kier alpha value is -1.03. The first-order valence-corrected chi connectivity index (χ1v) is 7.87. The van der Waals surface area contributed by atoms with Crippen molar-refractivity contribution in [3.05, 3.63) is 31.6 Å². The van der Waals surface area contributed by atoms with Crippen LogP contribution in [-0.4, -0.2) is 9.55 Å². The molecule has 1 aromatic heterocycles. The van der Waals surface area contributed by atoms with Crippen molar-refractivity contribution in [2.75, 3.05) is 0 Å². The van der Waals surface area contributed by atoms with Crippen molar-refractivity contribution in [3.63, 3.8) is 0 Å². The summed E-state index contributed by atoms with van der Waals surface area (Å²) in [6.07, 6.45) is 5.16. The molecular weight excluding hydrogens is 276 g/mol. The van der Waals surface area contributed by atoms with Gasteiger partial charge in [-0.2, -0.15) is 0 Å². The number of halogens is 1. The second-order valence-corrected chi connectivity index (χ2v) is 6.45. The van der Waals surface area contributed by atoms with Crippen molar-refractivity contribution in [3.8, 4) is 0 Å². The van der Waals surface area contributed by atoms with Gasteiger partial charge in [0, 0.05) is 6.04 Å². The largest absolute Gasteiger partial charge is 0.329 e. The van der Waals surface area contributed by atoms with E-state index in [2.05, 4.69) is 11.9 Å². The lowest BCUT2D eigenvalue weighted by atomic mass is 9.84. The molecule has 1 saturated carbocycles. The first-order chi connectivity index (χ1) is 9.45. The molecule has 112 valence electrons. The quantitative estimate of drug-likeness (QED) is 0.869. The molecule has 5 heteroatoms. The van der Waals surface area contributed by atoms with Gasteiger partial charge < -0.3 is 0 Å². The minimum Gasteiger partial charge on any atom is -0.297 e. The molecule has 0 radical (unpaired) electrons. The molecule has 20 heavy (non-hydrogen) atoms. The molecule has 0 unspecified atom stereocenters. The molecule has 2 rings (SSSR count). The Morgan fingerprint density at radius 1 is 1.25 bits per heavy atom. The number of aromatic nitrogens is 2. The predicted molar refractivity (Wildman–Crippen MR) is 81.7 cm³/mol. The number of hydrogen-bond acceptors (Lipinski definition) is 2. The molecule has 1 aromatic rings. The summed E-state index contributed by atoms with van der Waals surface area (Å²) in [5.41, 5.74) is -0.0677. The van der Waals surface area contributed by atoms with Crippen LogP contribution in [-0.2, 0) is 0 Å². The van der Waals surface area contributed by atoms with E-state index in [9.17, 15) is 9.59 Å². The molecule has 1 aliphatic rings. The summed E-state index contributed by atoms with van der Waals surface area (Å²) in [4.78, 5) is 27.3. The minimum absolute atomic E-state index is 0.00470. The topological polar surface area (TPSA) is 54.9 Å². The highest BCUT2D eigenvalue weighted by Gasteiger charge is 2.25. The SMILES string of the molecule is CCC1CCC(n2c(=O)[nH]c(Cl)c(C(C)C)c2=O)CC1. The van der Waals surface area contributed by atoms with E-state index in [4.69, 9.17) is 11.6 Å². The van der Waals surface area contributed by atoms with Crippen LogP contribution in [0.2, 0.25) is 5.15 Å². The molecule has 0 amide bonds. The first kappa shape index (κ1) is 15.4. The average Bonchev–Trinajstić information content (AvgIpc) is 2.38. The summed E-state index contributed by atoms with van der Waals surface area (Å²) in [7, 11) is 0. The van der Waals surface area contributed by atoms with Gasteiger partial charge in [0.25, 0.3) is 5.56 Å².